The number of benzene rings is 1. The predicted molar refractivity (Wildman–Crippen MR) is 102 cm³/mol. The van der Waals surface area contributed by atoms with E-state index in [-0.39, 0.29) is 10.6 Å². The van der Waals surface area contributed by atoms with Gasteiger partial charge in [-0.1, -0.05) is 19.3 Å². The lowest BCUT2D eigenvalue weighted by Gasteiger charge is -2.32. The van der Waals surface area contributed by atoms with E-state index in [9.17, 15) is 18.5 Å². The molecule has 9 heteroatoms. The Morgan fingerprint density at radius 2 is 1.85 bits per heavy atom. The van der Waals surface area contributed by atoms with Crippen LogP contribution in [0.15, 0.2) is 23.1 Å². The third kappa shape index (κ3) is 4.93. The van der Waals surface area contributed by atoms with Gasteiger partial charge in [0, 0.05) is 32.2 Å². The molecule has 0 aliphatic heterocycles. The number of rotatable bonds is 8. The molecule has 1 saturated carbocycles. The summed E-state index contributed by atoms with van der Waals surface area (Å²) in [5.74, 6) is 0. The summed E-state index contributed by atoms with van der Waals surface area (Å²) >= 11 is 0. The quantitative estimate of drug-likeness (QED) is 0.545. The second-order valence-electron chi connectivity index (χ2n) is 6.81. The summed E-state index contributed by atoms with van der Waals surface area (Å²) in [5.41, 5.74) is 0.214. The standard InChI is InChI=1S/C17H28N4O4S/c1-18-26(24,25)15-9-10-16(17(13-15)21(22)23)20(3)12-11-19(2)14-7-5-4-6-8-14/h9-10,13-14,18H,4-8,11-12H2,1-3H3. The Hall–Kier alpha value is -1.71. The molecule has 0 unspecified atom stereocenters. The Bertz CT molecular complexity index is 732. The van der Waals surface area contributed by atoms with E-state index in [2.05, 4.69) is 16.7 Å². The van der Waals surface area contributed by atoms with Crippen molar-refractivity contribution in [3.05, 3.63) is 28.3 Å². The zero-order valence-corrected chi connectivity index (χ0v) is 16.5. The summed E-state index contributed by atoms with van der Waals surface area (Å²) in [6.45, 7) is 1.43. The van der Waals surface area contributed by atoms with Crippen LogP contribution in [-0.4, -0.2) is 58.5 Å². The van der Waals surface area contributed by atoms with Crippen LogP contribution in [0.1, 0.15) is 32.1 Å². The lowest BCUT2D eigenvalue weighted by Crippen LogP contribution is -2.38. The lowest BCUT2D eigenvalue weighted by atomic mass is 9.94. The smallest absolute Gasteiger partial charge is 0.293 e. The molecular formula is C17H28N4O4S. The van der Waals surface area contributed by atoms with Crippen LogP contribution in [-0.2, 0) is 10.0 Å². The van der Waals surface area contributed by atoms with Gasteiger partial charge in [-0.2, -0.15) is 0 Å². The largest absolute Gasteiger partial charge is 0.368 e. The van der Waals surface area contributed by atoms with E-state index < -0.39 is 14.9 Å². The van der Waals surface area contributed by atoms with Gasteiger partial charge in [0.2, 0.25) is 10.0 Å². The summed E-state index contributed by atoms with van der Waals surface area (Å²) in [6, 6.07) is 4.59. The number of nitro groups is 1. The number of sulfonamides is 1. The van der Waals surface area contributed by atoms with Crippen LogP contribution < -0.4 is 9.62 Å². The van der Waals surface area contributed by atoms with E-state index in [1.807, 2.05) is 4.90 Å². The van der Waals surface area contributed by atoms with Crippen LogP contribution in [0.25, 0.3) is 0 Å². The second kappa shape index (κ2) is 8.79. The molecule has 0 bridgehead atoms. The Morgan fingerprint density at radius 3 is 2.42 bits per heavy atom. The number of nitrogens with zero attached hydrogens (tertiary/aromatic N) is 3. The normalized spacial score (nSPS) is 16.0. The molecule has 0 spiro atoms. The molecule has 0 atom stereocenters. The molecule has 0 aromatic heterocycles. The first kappa shape index (κ1) is 20.6. The highest BCUT2D eigenvalue weighted by Gasteiger charge is 2.23. The van der Waals surface area contributed by atoms with E-state index in [0.717, 1.165) is 12.6 Å². The topological polar surface area (TPSA) is 95.8 Å². The molecule has 1 fully saturated rings. The van der Waals surface area contributed by atoms with Crippen LogP contribution in [0.2, 0.25) is 0 Å². The maximum Gasteiger partial charge on any atom is 0.293 e. The third-order valence-electron chi connectivity index (χ3n) is 5.12. The average molecular weight is 385 g/mol. The predicted octanol–water partition coefficient (Wildman–Crippen LogP) is 2.20. The first-order valence-electron chi connectivity index (χ1n) is 8.89. The van der Waals surface area contributed by atoms with Gasteiger partial charge in [-0.15, -0.1) is 0 Å². The SMILES string of the molecule is CNS(=O)(=O)c1ccc(N(C)CCN(C)C2CCCCC2)c([N+](=O)[O-])c1. The van der Waals surface area contributed by atoms with E-state index in [1.165, 1.54) is 51.3 Å². The second-order valence-corrected chi connectivity index (χ2v) is 8.70. The average Bonchev–Trinajstić information content (AvgIpc) is 2.65. The van der Waals surface area contributed by atoms with Gasteiger partial charge in [-0.25, -0.2) is 13.1 Å². The number of nitrogens with one attached hydrogen (secondary N) is 1. The van der Waals surface area contributed by atoms with Gasteiger partial charge in [0.15, 0.2) is 0 Å². The van der Waals surface area contributed by atoms with Gasteiger partial charge in [-0.3, -0.25) is 10.1 Å². The molecular weight excluding hydrogens is 356 g/mol. The van der Waals surface area contributed by atoms with Crippen molar-refractivity contribution in [2.75, 3.05) is 39.1 Å². The van der Waals surface area contributed by atoms with Crippen molar-refractivity contribution < 1.29 is 13.3 Å². The van der Waals surface area contributed by atoms with Gasteiger partial charge < -0.3 is 9.80 Å². The Labute approximate surface area is 155 Å². The van der Waals surface area contributed by atoms with Gasteiger partial charge in [0.1, 0.15) is 5.69 Å². The molecule has 1 aromatic carbocycles. The summed E-state index contributed by atoms with van der Waals surface area (Å²) in [4.78, 5) is 14.9. The minimum atomic E-state index is -3.72. The summed E-state index contributed by atoms with van der Waals surface area (Å²) < 4.78 is 26.0. The maximum absolute atomic E-state index is 11.9. The van der Waals surface area contributed by atoms with Crippen molar-refractivity contribution in [3.8, 4) is 0 Å². The van der Waals surface area contributed by atoms with Crippen molar-refractivity contribution in [1.29, 1.82) is 0 Å². The fourth-order valence-electron chi connectivity index (χ4n) is 3.39. The molecule has 0 amide bonds. The monoisotopic (exact) mass is 384 g/mol. The molecule has 1 aliphatic rings. The Morgan fingerprint density at radius 1 is 1.19 bits per heavy atom. The molecule has 1 N–H and O–H groups in total. The highest BCUT2D eigenvalue weighted by atomic mass is 32.2. The van der Waals surface area contributed by atoms with Gasteiger partial charge in [-0.05, 0) is 39.1 Å². The fourth-order valence-corrected chi connectivity index (χ4v) is 4.14. The Kier molecular flexibility index (Phi) is 6.96. The van der Waals surface area contributed by atoms with Crippen LogP contribution in [0.3, 0.4) is 0 Å². The molecule has 0 saturated heterocycles. The zero-order chi connectivity index (χ0) is 19.3. The summed E-state index contributed by atoms with van der Waals surface area (Å²) in [6.07, 6.45) is 6.24. The first-order valence-corrected chi connectivity index (χ1v) is 10.4. The van der Waals surface area contributed by atoms with Crippen molar-refractivity contribution in [2.45, 2.75) is 43.0 Å². The molecule has 0 heterocycles. The summed E-state index contributed by atoms with van der Waals surface area (Å²) in [5, 5.41) is 11.4. The van der Waals surface area contributed by atoms with Gasteiger partial charge in [0.05, 0.1) is 9.82 Å². The molecule has 8 nitrogen and oxygen atoms in total. The maximum atomic E-state index is 11.9. The number of hydrogen-bond acceptors (Lipinski definition) is 6. The number of hydrogen-bond donors (Lipinski definition) is 1. The van der Waals surface area contributed by atoms with Crippen molar-refractivity contribution in [3.63, 3.8) is 0 Å². The molecule has 146 valence electrons. The van der Waals surface area contributed by atoms with Crippen molar-refractivity contribution in [1.82, 2.24) is 9.62 Å². The zero-order valence-electron chi connectivity index (χ0n) is 15.6. The summed E-state index contributed by atoms with van der Waals surface area (Å²) in [7, 11) is 1.45. The number of nitro benzene ring substituents is 1. The highest BCUT2D eigenvalue weighted by Crippen LogP contribution is 2.30. The number of anilines is 1. The third-order valence-corrected chi connectivity index (χ3v) is 6.53. The van der Waals surface area contributed by atoms with Crippen LogP contribution >= 0.6 is 0 Å². The van der Waals surface area contributed by atoms with Crippen LogP contribution in [0.4, 0.5) is 11.4 Å². The number of likely N-dealkylation sites (N-methyl/N-ethyl adjacent to an activating group) is 2. The molecule has 1 aromatic rings. The van der Waals surface area contributed by atoms with Gasteiger partial charge in [0.25, 0.3) is 5.69 Å². The minimum absolute atomic E-state index is 0.108. The first-order chi connectivity index (χ1) is 12.3. The Balaban J connectivity index is 2.12. The minimum Gasteiger partial charge on any atom is -0.368 e. The highest BCUT2D eigenvalue weighted by molar-refractivity contribution is 7.89. The van der Waals surface area contributed by atoms with Crippen molar-refractivity contribution in [2.24, 2.45) is 0 Å². The fraction of sp³-hybridized carbons (Fsp3) is 0.647. The molecule has 2 rings (SSSR count). The van der Waals surface area contributed by atoms with E-state index in [4.69, 9.17) is 0 Å². The van der Waals surface area contributed by atoms with Gasteiger partial charge >= 0.3 is 0 Å². The van der Waals surface area contributed by atoms with Crippen LogP contribution in [0.5, 0.6) is 0 Å². The molecule has 0 radical (unpaired) electrons. The lowest BCUT2D eigenvalue weighted by molar-refractivity contribution is -0.384. The van der Waals surface area contributed by atoms with E-state index in [0.29, 0.717) is 18.3 Å². The van der Waals surface area contributed by atoms with E-state index >= 15 is 0 Å². The molecule has 1 aliphatic carbocycles. The van der Waals surface area contributed by atoms with Crippen LogP contribution in [0, 0.1) is 10.1 Å². The van der Waals surface area contributed by atoms with E-state index in [1.54, 1.807) is 7.05 Å². The van der Waals surface area contributed by atoms with Crippen molar-refractivity contribution >= 4 is 21.4 Å². The molecule has 26 heavy (non-hydrogen) atoms.